The van der Waals surface area contributed by atoms with Crippen LogP contribution in [-0.4, -0.2) is 33.5 Å². The predicted octanol–water partition coefficient (Wildman–Crippen LogP) is 3.00. The lowest BCUT2D eigenvalue weighted by molar-refractivity contribution is 0.150. The van der Waals surface area contributed by atoms with Gasteiger partial charge in [0.1, 0.15) is 0 Å². The van der Waals surface area contributed by atoms with E-state index in [1.54, 1.807) is 7.11 Å². The molecule has 4 nitrogen and oxygen atoms in total. The van der Waals surface area contributed by atoms with Crippen LogP contribution in [-0.2, 0) is 11.3 Å². The maximum atomic E-state index is 5.72. The molecule has 21 heavy (non-hydrogen) atoms. The van der Waals surface area contributed by atoms with Crippen LogP contribution in [0.1, 0.15) is 32.3 Å². The third-order valence-corrected chi connectivity index (χ3v) is 3.73. The first-order valence-corrected chi connectivity index (χ1v) is 7.69. The van der Waals surface area contributed by atoms with E-state index in [-0.39, 0.29) is 5.41 Å². The lowest BCUT2D eigenvalue weighted by atomic mass is 9.89. The molecule has 1 aromatic carbocycles. The van der Waals surface area contributed by atoms with Gasteiger partial charge in [0, 0.05) is 33.2 Å². The molecule has 0 radical (unpaired) electrons. The standard InChI is InChI=1S/C17H27NO3/c1-17(2,7-10-19-3)13-18-12-14-5-6-15-16(11-14)21-9-4-8-20-15/h5-6,11,18H,4,7-10,12-13H2,1-3H3. The van der Waals surface area contributed by atoms with Crippen LogP contribution in [0.5, 0.6) is 11.5 Å². The van der Waals surface area contributed by atoms with Crippen LogP contribution < -0.4 is 14.8 Å². The minimum Gasteiger partial charge on any atom is -0.490 e. The average Bonchev–Trinajstić information content (AvgIpc) is 2.70. The maximum Gasteiger partial charge on any atom is 0.161 e. The Balaban J connectivity index is 1.85. The fourth-order valence-corrected chi connectivity index (χ4v) is 2.33. The number of ether oxygens (including phenoxy) is 3. The van der Waals surface area contributed by atoms with Gasteiger partial charge in [-0.3, -0.25) is 0 Å². The van der Waals surface area contributed by atoms with Crippen LogP contribution >= 0.6 is 0 Å². The molecule has 0 atom stereocenters. The van der Waals surface area contributed by atoms with Crippen molar-refractivity contribution >= 4 is 0 Å². The van der Waals surface area contributed by atoms with Crippen molar-refractivity contribution in [3.05, 3.63) is 23.8 Å². The van der Waals surface area contributed by atoms with E-state index in [1.165, 1.54) is 5.56 Å². The molecule has 0 bridgehead atoms. The Morgan fingerprint density at radius 3 is 2.71 bits per heavy atom. The quantitative estimate of drug-likeness (QED) is 0.839. The number of rotatable bonds is 7. The highest BCUT2D eigenvalue weighted by Gasteiger charge is 2.17. The zero-order valence-corrected chi connectivity index (χ0v) is 13.4. The Labute approximate surface area is 127 Å². The van der Waals surface area contributed by atoms with Gasteiger partial charge in [-0.15, -0.1) is 0 Å². The highest BCUT2D eigenvalue weighted by atomic mass is 16.5. The molecule has 1 heterocycles. The molecule has 1 aliphatic rings. The molecule has 0 amide bonds. The molecule has 118 valence electrons. The molecule has 1 N–H and O–H groups in total. The molecule has 0 saturated heterocycles. The number of benzene rings is 1. The SMILES string of the molecule is COCCC(C)(C)CNCc1ccc2c(c1)OCCCO2. The van der Waals surface area contributed by atoms with Crippen LogP contribution in [0.3, 0.4) is 0 Å². The van der Waals surface area contributed by atoms with Crippen molar-refractivity contribution in [3.8, 4) is 11.5 Å². The van der Waals surface area contributed by atoms with E-state index in [4.69, 9.17) is 14.2 Å². The van der Waals surface area contributed by atoms with E-state index < -0.39 is 0 Å². The van der Waals surface area contributed by atoms with E-state index in [0.29, 0.717) is 0 Å². The molecule has 0 spiro atoms. The van der Waals surface area contributed by atoms with Gasteiger partial charge in [0.05, 0.1) is 13.2 Å². The van der Waals surface area contributed by atoms with E-state index in [9.17, 15) is 0 Å². The summed E-state index contributed by atoms with van der Waals surface area (Å²) in [6.45, 7) is 8.59. The summed E-state index contributed by atoms with van der Waals surface area (Å²) in [5.74, 6) is 1.72. The minimum atomic E-state index is 0.237. The van der Waals surface area contributed by atoms with Crippen LogP contribution in [0.4, 0.5) is 0 Å². The van der Waals surface area contributed by atoms with Gasteiger partial charge in [-0.25, -0.2) is 0 Å². The molecule has 4 heteroatoms. The number of hydrogen-bond donors (Lipinski definition) is 1. The highest BCUT2D eigenvalue weighted by molar-refractivity contribution is 5.43. The number of nitrogens with one attached hydrogen (secondary N) is 1. The first-order valence-electron chi connectivity index (χ1n) is 7.69. The van der Waals surface area contributed by atoms with Crippen molar-refractivity contribution in [2.75, 3.05) is 33.5 Å². The van der Waals surface area contributed by atoms with Gasteiger partial charge >= 0.3 is 0 Å². The van der Waals surface area contributed by atoms with E-state index in [2.05, 4.69) is 31.3 Å². The topological polar surface area (TPSA) is 39.7 Å². The first kappa shape index (κ1) is 16.1. The third kappa shape index (κ3) is 5.21. The Hall–Kier alpha value is -1.26. The Morgan fingerprint density at radius 1 is 1.19 bits per heavy atom. The zero-order chi connectivity index (χ0) is 15.1. The van der Waals surface area contributed by atoms with E-state index in [1.807, 2.05) is 6.07 Å². The number of methoxy groups -OCH3 is 1. The molecule has 1 aliphatic heterocycles. The molecular weight excluding hydrogens is 266 g/mol. The van der Waals surface area contributed by atoms with Crippen molar-refractivity contribution in [3.63, 3.8) is 0 Å². The second-order valence-electron chi connectivity index (χ2n) is 6.34. The largest absolute Gasteiger partial charge is 0.490 e. The molecule has 2 rings (SSSR count). The smallest absolute Gasteiger partial charge is 0.161 e. The van der Waals surface area contributed by atoms with Crippen LogP contribution in [0.2, 0.25) is 0 Å². The molecule has 0 aromatic heterocycles. The highest BCUT2D eigenvalue weighted by Crippen LogP contribution is 2.30. The third-order valence-electron chi connectivity index (χ3n) is 3.73. The molecule has 0 fully saturated rings. The summed E-state index contributed by atoms with van der Waals surface area (Å²) in [4.78, 5) is 0. The molecule has 1 aromatic rings. The van der Waals surface area contributed by atoms with Gasteiger partial charge in [-0.05, 0) is 29.5 Å². The molecular formula is C17H27NO3. The second-order valence-corrected chi connectivity index (χ2v) is 6.34. The maximum absolute atomic E-state index is 5.72. The summed E-state index contributed by atoms with van der Waals surface area (Å²) in [5, 5.41) is 3.52. The van der Waals surface area contributed by atoms with Gasteiger partial charge < -0.3 is 19.5 Å². The minimum absolute atomic E-state index is 0.237. The molecule has 0 saturated carbocycles. The number of fused-ring (bicyclic) bond motifs is 1. The summed E-state index contributed by atoms with van der Waals surface area (Å²) in [7, 11) is 1.75. The summed E-state index contributed by atoms with van der Waals surface area (Å²) in [6.07, 6.45) is 1.99. The Morgan fingerprint density at radius 2 is 1.95 bits per heavy atom. The fourth-order valence-electron chi connectivity index (χ4n) is 2.33. The van der Waals surface area contributed by atoms with Crippen LogP contribution in [0.25, 0.3) is 0 Å². The molecule has 0 unspecified atom stereocenters. The Bertz CT molecular complexity index is 446. The number of hydrogen-bond acceptors (Lipinski definition) is 4. The fraction of sp³-hybridized carbons (Fsp3) is 0.647. The van der Waals surface area contributed by atoms with Gasteiger partial charge in [0.2, 0.25) is 0 Å². The zero-order valence-electron chi connectivity index (χ0n) is 13.4. The second kappa shape index (κ2) is 7.66. The van der Waals surface area contributed by atoms with Gasteiger partial charge in [-0.2, -0.15) is 0 Å². The van der Waals surface area contributed by atoms with Crippen molar-refractivity contribution in [1.82, 2.24) is 5.32 Å². The summed E-state index contributed by atoms with van der Waals surface area (Å²) < 4.78 is 16.5. The normalized spacial score (nSPS) is 14.8. The summed E-state index contributed by atoms with van der Waals surface area (Å²) in [5.41, 5.74) is 1.46. The predicted molar refractivity (Wildman–Crippen MR) is 84.0 cm³/mol. The van der Waals surface area contributed by atoms with Crippen molar-refractivity contribution in [2.45, 2.75) is 33.2 Å². The first-order chi connectivity index (χ1) is 10.1. The summed E-state index contributed by atoms with van der Waals surface area (Å²) >= 11 is 0. The monoisotopic (exact) mass is 293 g/mol. The van der Waals surface area contributed by atoms with Crippen LogP contribution in [0, 0.1) is 5.41 Å². The van der Waals surface area contributed by atoms with Crippen LogP contribution in [0.15, 0.2) is 18.2 Å². The van der Waals surface area contributed by atoms with Crippen molar-refractivity contribution in [2.24, 2.45) is 5.41 Å². The van der Waals surface area contributed by atoms with E-state index >= 15 is 0 Å². The molecule has 0 aliphatic carbocycles. The average molecular weight is 293 g/mol. The lowest BCUT2D eigenvalue weighted by Crippen LogP contribution is -2.30. The van der Waals surface area contributed by atoms with Gasteiger partial charge in [-0.1, -0.05) is 19.9 Å². The van der Waals surface area contributed by atoms with Gasteiger partial charge in [0.25, 0.3) is 0 Å². The lowest BCUT2D eigenvalue weighted by Gasteiger charge is -2.24. The van der Waals surface area contributed by atoms with Gasteiger partial charge in [0.15, 0.2) is 11.5 Å². The Kier molecular flexibility index (Phi) is 5.88. The van der Waals surface area contributed by atoms with Crippen molar-refractivity contribution < 1.29 is 14.2 Å². The van der Waals surface area contributed by atoms with E-state index in [0.717, 1.165) is 57.3 Å². The van der Waals surface area contributed by atoms with Crippen molar-refractivity contribution in [1.29, 1.82) is 0 Å². The summed E-state index contributed by atoms with van der Waals surface area (Å²) in [6, 6.07) is 6.19.